The van der Waals surface area contributed by atoms with E-state index >= 15 is 0 Å². The molecule has 0 saturated heterocycles. The predicted molar refractivity (Wildman–Crippen MR) is 63.9 cm³/mol. The summed E-state index contributed by atoms with van der Waals surface area (Å²) in [4.78, 5) is 6.33. The smallest absolute Gasteiger partial charge is 0.257 e. The Morgan fingerprint density at radius 3 is 2.94 bits per heavy atom. The maximum absolute atomic E-state index is 11.9. The summed E-state index contributed by atoms with van der Waals surface area (Å²) in [6.45, 7) is 0. The largest absolute Gasteiger partial charge is 0.335 e. The van der Waals surface area contributed by atoms with Crippen LogP contribution >= 0.6 is 11.8 Å². The molecule has 2 unspecified atom stereocenters. The molecule has 0 aliphatic heterocycles. The summed E-state index contributed by atoms with van der Waals surface area (Å²) in [7, 11) is -3.41. The number of aromatic amines is 1. The number of thioether (sulfide) groups is 1. The minimum Gasteiger partial charge on any atom is -0.335 e. The van der Waals surface area contributed by atoms with Gasteiger partial charge in [0.25, 0.3) is 10.0 Å². The Hall–Kier alpha value is -0.530. The molecule has 1 saturated carbocycles. The Bertz CT molecular complexity index is 430. The lowest BCUT2D eigenvalue weighted by atomic mass is 10.3. The second kappa shape index (κ2) is 4.77. The van der Waals surface area contributed by atoms with E-state index < -0.39 is 10.0 Å². The van der Waals surface area contributed by atoms with Gasteiger partial charge in [0.05, 0.1) is 12.5 Å². The van der Waals surface area contributed by atoms with E-state index in [0.29, 0.717) is 5.25 Å². The van der Waals surface area contributed by atoms with E-state index in [9.17, 15) is 8.42 Å². The second-order valence-corrected chi connectivity index (χ2v) is 6.73. The highest BCUT2D eigenvalue weighted by molar-refractivity contribution is 7.99. The first kappa shape index (κ1) is 11.9. The van der Waals surface area contributed by atoms with Crippen molar-refractivity contribution in [3.63, 3.8) is 0 Å². The van der Waals surface area contributed by atoms with E-state index in [4.69, 9.17) is 0 Å². The summed E-state index contributed by atoms with van der Waals surface area (Å²) in [5, 5.41) is 0.717. The summed E-state index contributed by atoms with van der Waals surface area (Å²) in [6.07, 6.45) is 7.67. The third kappa shape index (κ3) is 2.58. The van der Waals surface area contributed by atoms with Gasteiger partial charge in [0, 0.05) is 11.3 Å². The first-order chi connectivity index (χ1) is 7.62. The molecule has 1 aliphatic carbocycles. The molecule has 90 valence electrons. The summed E-state index contributed by atoms with van der Waals surface area (Å²) in [6, 6.07) is 0.0609. The molecule has 5 nitrogen and oxygen atoms in total. The second-order valence-electron chi connectivity index (χ2n) is 3.90. The third-order valence-electron chi connectivity index (χ3n) is 2.80. The van der Waals surface area contributed by atoms with E-state index in [-0.39, 0.29) is 11.1 Å². The minimum absolute atomic E-state index is 0.0609. The van der Waals surface area contributed by atoms with Crippen LogP contribution in [0.15, 0.2) is 17.6 Å². The molecule has 0 radical (unpaired) electrons. The van der Waals surface area contributed by atoms with E-state index in [1.165, 1.54) is 12.5 Å². The van der Waals surface area contributed by atoms with Gasteiger partial charge in [0.2, 0.25) is 0 Å². The van der Waals surface area contributed by atoms with E-state index in [2.05, 4.69) is 20.9 Å². The molecule has 0 amide bonds. The van der Waals surface area contributed by atoms with Crippen LogP contribution < -0.4 is 4.72 Å². The Balaban J connectivity index is 2.00. The first-order valence-corrected chi connectivity index (χ1v) is 7.92. The number of imidazole rings is 1. The summed E-state index contributed by atoms with van der Waals surface area (Å²) < 4.78 is 26.4. The van der Waals surface area contributed by atoms with Crippen molar-refractivity contribution in [1.29, 1.82) is 0 Å². The van der Waals surface area contributed by atoms with E-state index in [1.54, 1.807) is 11.8 Å². The van der Waals surface area contributed by atoms with Gasteiger partial charge in [-0.05, 0) is 25.5 Å². The van der Waals surface area contributed by atoms with Gasteiger partial charge < -0.3 is 4.98 Å². The highest BCUT2D eigenvalue weighted by atomic mass is 32.2. The van der Waals surface area contributed by atoms with Crippen LogP contribution in [0.1, 0.15) is 19.3 Å². The van der Waals surface area contributed by atoms with Crippen LogP contribution in [0.5, 0.6) is 0 Å². The Kier molecular flexibility index (Phi) is 3.56. The van der Waals surface area contributed by atoms with Crippen molar-refractivity contribution in [2.75, 3.05) is 6.26 Å². The fourth-order valence-electron chi connectivity index (χ4n) is 1.93. The van der Waals surface area contributed by atoms with Gasteiger partial charge in [0.1, 0.15) is 0 Å². The monoisotopic (exact) mass is 261 g/mol. The van der Waals surface area contributed by atoms with Crippen molar-refractivity contribution in [2.45, 2.75) is 35.6 Å². The Morgan fingerprint density at radius 2 is 2.38 bits per heavy atom. The first-order valence-electron chi connectivity index (χ1n) is 5.15. The highest BCUT2D eigenvalue weighted by Crippen LogP contribution is 2.28. The molecule has 2 atom stereocenters. The molecule has 1 aromatic heterocycles. The standard InChI is InChI=1S/C9H15N3O2S2/c1-15-8-3-2-7(4-8)12-16(13,14)9-5-10-6-11-9/h5-8,12H,2-4H2,1H3,(H,10,11). The zero-order chi connectivity index (χ0) is 11.6. The predicted octanol–water partition coefficient (Wildman–Crippen LogP) is 0.972. The minimum atomic E-state index is -3.41. The van der Waals surface area contributed by atoms with Crippen LogP contribution in [-0.2, 0) is 10.0 Å². The molecule has 1 aromatic rings. The number of hydrogen-bond acceptors (Lipinski definition) is 4. The van der Waals surface area contributed by atoms with Crippen molar-refractivity contribution >= 4 is 21.8 Å². The molecule has 16 heavy (non-hydrogen) atoms. The molecule has 0 aromatic carbocycles. The van der Waals surface area contributed by atoms with Gasteiger partial charge in [-0.1, -0.05) is 0 Å². The number of aromatic nitrogens is 2. The lowest BCUT2D eigenvalue weighted by molar-refractivity contribution is 0.550. The summed E-state index contributed by atoms with van der Waals surface area (Å²) in [5.41, 5.74) is 0. The maximum Gasteiger partial charge on any atom is 0.257 e. The van der Waals surface area contributed by atoms with Gasteiger partial charge in [0.15, 0.2) is 5.03 Å². The molecule has 1 heterocycles. The lowest BCUT2D eigenvalue weighted by Gasteiger charge is -2.11. The van der Waals surface area contributed by atoms with Gasteiger partial charge in [-0.15, -0.1) is 0 Å². The average Bonchev–Trinajstić information content (AvgIpc) is 2.86. The number of nitrogens with zero attached hydrogens (tertiary/aromatic N) is 1. The molecule has 2 rings (SSSR count). The molecule has 7 heteroatoms. The normalized spacial score (nSPS) is 26.1. The fraction of sp³-hybridized carbons (Fsp3) is 0.667. The van der Waals surface area contributed by atoms with Crippen LogP contribution in [0.4, 0.5) is 0 Å². The van der Waals surface area contributed by atoms with Crippen LogP contribution in [0.2, 0.25) is 0 Å². The molecular weight excluding hydrogens is 246 g/mol. The van der Waals surface area contributed by atoms with Crippen LogP contribution in [0, 0.1) is 0 Å². The van der Waals surface area contributed by atoms with Crippen molar-refractivity contribution in [3.05, 3.63) is 12.5 Å². The summed E-state index contributed by atoms with van der Waals surface area (Å²) >= 11 is 1.80. The van der Waals surface area contributed by atoms with Gasteiger partial charge in [-0.2, -0.15) is 11.8 Å². The number of nitrogens with one attached hydrogen (secondary N) is 2. The maximum atomic E-state index is 11.9. The van der Waals surface area contributed by atoms with Gasteiger partial charge >= 0.3 is 0 Å². The number of hydrogen-bond donors (Lipinski definition) is 2. The average molecular weight is 261 g/mol. The topological polar surface area (TPSA) is 74.8 Å². The molecule has 1 aliphatic rings. The molecule has 0 spiro atoms. The number of H-pyrrole nitrogens is 1. The zero-order valence-electron chi connectivity index (χ0n) is 9.01. The van der Waals surface area contributed by atoms with Crippen molar-refractivity contribution < 1.29 is 8.42 Å². The number of rotatable bonds is 4. The fourth-order valence-corrected chi connectivity index (χ4v) is 3.92. The van der Waals surface area contributed by atoms with Crippen LogP contribution in [0.25, 0.3) is 0 Å². The zero-order valence-corrected chi connectivity index (χ0v) is 10.6. The van der Waals surface area contributed by atoms with E-state index in [0.717, 1.165) is 19.3 Å². The summed E-state index contributed by atoms with van der Waals surface area (Å²) in [5.74, 6) is 0. The van der Waals surface area contributed by atoms with Gasteiger partial charge in [-0.3, -0.25) is 0 Å². The van der Waals surface area contributed by atoms with Gasteiger partial charge in [-0.25, -0.2) is 18.1 Å². The Morgan fingerprint density at radius 1 is 1.56 bits per heavy atom. The van der Waals surface area contributed by atoms with Crippen LogP contribution in [0.3, 0.4) is 0 Å². The molecule has 1 fully saturated rings. The molecule has 0 bridgehead atoms. The number of sulfonamides is 1. The SMILES string of the molecule is CSC1CCC(NS(=O)(=O)c2cnc[nH]2)C1. The molecular formula is C9H15N3O2S2. The van der Waals surface area contributed by atoms with Crippen molar-refractivity contribution in [2.24, 2.45) is 0 Å². The van der Waals surface area contributed by atoms with Crippen molar-refractivity contribution in [1.82, 2.24) is 14.7 Å². The third-order valence-corrected chi connectivity index (χ3v) is 5.34. The quantitative estimate of drug-likeness (QED) is 0.847. The van der Waals surface area contributed by atoms with Crippen molar-refractivity contribution in [3.8, 4) is 0 Å². The van der Waals surface area contributed by atoms with E-state index in [1.807, 2.05) is 0 Å². The molecule has 2 N–H and O–H groups in total. The Labute approximate surface area is 99.5 Å². The highest BCUT2D eigenvalue weighted by Gasteiger charge is 2.28. The lowest BCUT2D eigenvalue weighted by Crippen LogP contribution is -2.33. The van der Waals surface area contributed by atoms with Crippen LogP contribution in [-0.4, -0.2) is 35.9 Å².